The second-order valence-electron chi connectivity index (χ2n) is 6.18. The lowest BCUT2D eigenvalue weighted by molar-refractivity contribution is -0.119. The lowest BCUT2D eigenvalue weighted by atomic mass is 10.0. The molecule has 0 atom stereocenters. The van der Waals surface area contributed by atoms with E-state index >= 15 is 0 Å². The van der Waals surface area contributed by atoms with Crippen molar-refractivity contribution in [1.29, 1.82) is 0 Å². The van der Waals surface area contributed by atoms with Gasteiger partial charge in [0.05, 0.1) is 15.7 Å². The number of carbonyl (C=O) groups excluding carboxylic acids is 2. The van der Waals surface area contributed by atoms with Gasteiger partial charge in [-0.1, -0.05) is 29.3 Å². The number of nitrogens with zero attached hydrogens (tertiary/aromatic N) is 3. The molecule has 0 saturated carbocycles. The van der Waals surface area contributed by atoms with Crippen LogP contribution in [0.1, 0.15) is 30.3 Å². The number of nitrogens with one attached hydrogen (secondary N) is 1. The van der Waals surface area contributed by atoms with Gasteiger partial charge in [0.2, 0.25) is 5.91 Å². The van der Waals surface area contributed by atoms with Gasteiger partial charge in [-0.05, 0) is 31.0 Å². The molecule has 1 aromatic heterocycles. The fourth-order valence-electron chi connectivity index (χ4n) is 2.96. The molecule has 1 aliphatic heterocycles. The minimum Gasteiger partial charge on any atom is -0.353 e. The van der Waals surface area contributed by atoms with Crippen LogP contribution in [0.5, 0.6) is 0 Å². The van der Waals surface area contributed by atoms with Gasteiger partial charge in [-0.2, -0.15) is 0 Å². The van der Waals surface area contributed by atoms with Crippen molar-refractivity contribution in [1.82, 2.24) is 20.2 Å². The first-order valence-corrected chi connectivity index (χ1v) is 9.03. The van der Waals surface area contributed by atoms with Gasteiger partial charge in [-0.3, -0.25) is 9.59 Å². The summed E-state index contributed by atoms with van der Waals surface area (Å²) in [5.74, 6) is -0.188. The van der Waals surface area contributed by atoms with Crippen LogP contribution in [0.4, 0.5) is 0 Å². The van der Waals surface area contributed by atoms with Crippen molar-refractivity contribution in [2.45, 2.75) is 25.8 Å². The van der Waals surface area contributed by atoms with Gasteiger partial charge in [-0.25, -0.2) is 9.97 Å². The number of aromatic nitrogens is 2. The van der Waals surface area contributed by atoms with Gasteiger partial charge in [-0.15, -0.1) is 0 Å². The van der Waals surface area contributed by atoms with E-state index in [1.807, 2.05) is 0 Å². The lowest BCUT2D eigenvalue weighted by Crippen LogP contribution is -2.46. The summed E-state index contributed by atoms with van der Waals surface area (Å²) in [7, 11) is 0. The first-order chi connectivity index (χ1) is 12.4. The zero-order chi connectivity index (χ0) is 18.7. The number of likely N-dealkylation sites (tertiary alicyclic amines) is 1. The van der Waals surface area contributed by atoms with Crippen LogP contribution in [-0.2, 0) is 4.79 Å². The van der Waals surface area contributed by atoms with E-state index in [4.69, 9.17) is 23.2 Å². The molecule has 0 unspecified atom stereocenters. The summed E-state index contributed by atoms with van der Waals surface area (Å²) in [6.07, 6.45) is 2.83. The SMILES string of the molecule is CC(=O)NC1CCN(C(=O)c2cc(-c3ccc(Cl)c(Cl)c3)ncn2)CC1. The lowest BCUT2D eigenvalue weighted by Gasteiger charge is -2.32. The molecule has 6 nitrogen and oxygen atoms in total. The van der Waals surface area contributed by atoms with Gasteiger partial charge in [0, 0.05) is 31.6 Å². The predicted molar refractivity (Wildman–Crippen MR) is 100 cm³/mol. The van der Waals surface area contributed by atoms with Gasteiger partial charge in [0.25, 0.3) is 5.91 Å². The van der Waals surface area contributed by atoms with E-state index in [9.17, 15) is 9.59 Å². The van der Waals surface area contributed by atoms with Crippen LogP contribution < -0.4 is 5.32 Å². The summed E-state index contributed by atoms with van der Waals surface area (Å²) in [4.78, 5) is 34.0. The van der Waals surface area contributed by atoms with Crippen LogP contribution in [0, 0.1) is 0 Å². The third-order valence-electron chi connectivity index (χ3n) is 4.29. The monoisotopic (exact) mass is 392 g/mol. The summed E-state index contributed by atoms with van der Waals surface area (Å²) in [5.41, 5.74) is 1.70. The molecule has 2 heterocycles. The minimum atomic E-state index is -0.144. The third-order valence-corrected chi connectivity index (χ3v) is 5.03. The van der Waals surface area contributed by atoms with E-state index in [0.29, 0.717) is 34.5 Å². The van der Waals surface area contributed by atoms with Crippen molar-refractivity contribution in [2.75, 3.05) is 13.1 Å². The highest BCUT2D eigenvalue weighted by atomic mass is 35.5. The molecule has 0 radical (unpaired) electrons. The van der Waals surface area contributed by atoms with E-state index in [0.717, 1.165) is 18.4 Å². The van der Waals surface area contributed by atoms with E-state index in [2.05, 4.69) is 15.3 Å². The number of piperidine rings is 1. The van der Waals surface area contributed by atoms with Crippen LogP contribution in [0.25, 0.3) is 11.3 Å². The predicted octanol–water partition coefficient (Wildman–Crippen LogP) is 3.19. The van der Waals surface area contributed by atoms with Crippen LogP contribution in [0.2, 0.25) is 10.0 Å². The number of amides is 2. The molecule has 2 amide bonds. The Morgan fingerprint density at radius 2 is 1.85 bits per heavy atom. The molecule has 0 spiro atoms. The number of hydrogen-bond acceptors (Lipinski definition) is 4. The Balaban J connectivity index is 1.73. The smallest absolute Gasteiger partial charge is 0.272 e. The number of hydrogen-bond donors (Lipinski definition) is 1. The maximum atomic E-state index is 12.7. The summed E-state index contributed by atoms with van der Waals surface area (Å²) in [6, 6.07) is 6.97. The Morgan fingerprint density at radius 1 is 1.12 bits per heavy atom. The second kappa shape index (κ2) is 8.01. The average Bonchev–Trinajstić information content (AvgIpc) is 2.64. The zero-order valence-electron chi connectivity index (χ0n) is 14.2. The minimum absolute atomic E-state index is 0.0446. The Kier molecular flexibility index (Phi) is 5.74. The van der Waals surface area contributed by atoms with E-state index in [1.165, 1.54) is 13.3 Å². The number of halogens is 2. The molecular weight excluding hydrogens is 375 g/mol. The highest BCUT2D eigenvalue weighted by molar-refractivity contribution is 6.42. The molecule has 0 bridgehead atoms. The van der Waals surface area contributed by atoms with E-state index in [1.54, 1.807) is 29.2 Å². The summed E-state index contributed by atoms with van der Waals surface area (Å²) >= 11 is 12.0. The van der Waals surface area contributed by atoms with Crippen molar-refractivity contribution >= 4 is 35.0 Å². The first-order valence-electron chi connectivity index (χ1n) is 8.28. The molecule has 1 N–H and O–H groups in total. The first kappa shape index (κ1) is 18.6. The average molecular weight is 393 g/mol. The molecule has 3 rings (SSSR count). The molecule has 1 saturated heterocycles. The highest BCUT2D eigenvalue weighted by Crippen LogP contribution is 2.27. The standard InChI is InChI=1S/C18H18Cl2N4O2/c1-11(25)23-13-4-6-24(7-5-13)18(26)17-9-16(21-10-22-17)12-2-3-14(19)15(20)8-12/h2-3,8-10,13H,4-7H2,1H3,(H,23,25). The van der Waals surface area contributed by atoms with Crippen molar-refractivity contribution in [2.24, 2.45) is 0 Å². The molecule has 1 aromatic carbocycles. The fraction of sp³-hybridized carbons (Fsp3) is 0.333. The van der Waals surface area contributed by atoms with E-state index in [-0.39, 0.29) is 17.9 Å². The zero-order valence-corrected chi connectivity index (χ0v) is 15.7. The van der Waals surface area contributed by atoms with Crippen LogP contribution >= 0.6 is 23.2 Å². The Bertz CT molecular complexity index is 836. The normalized spacial score (nSPS) is 15.0. The van der Waals surface area contributed by atoms with Crippen LogP contribution in [0.15, 0.2) is 30.6 Å². The molecule has 136 valence electrons. The molecule has 1 fully saturated rings. The maximum Gasteiger partial charge on any atom is 0.272 e. The second-order valence-corrected chi connectivity index (χ2v) is 7.00. The van der Waals surface area contributed by atoms with Gasteiger partial charge >= 0.3 is 0 Å². The van der Waals surface area contributed by atoms with E-state index < -0.39 is 0 Å². The topological polar surface area (TPSA) is 75.2 Å². The summed E-state index contributed by atoms with van der Waals surface area (Å²) in [5, 5.41) is 3.78. The number of rotatable bonds is 3. The number of carbonyl (C=O) groups is 2. The maximum absolute atomic E-state index is 12.7. The highest BCUT2D eigenvalue weighted by Gasteiger charge is 2.25. The Hall–Kier alpha value is -2.18. The largest absolute Gasteiger partial charge is 0.353 e. The molecule has 26 heavy (non-hydrogen) atoms. The summed E-state index contributed by atoms with van der Waals surface area (Å²) in [6.45, 7) is 2.66. The van der Waals surface area contributed by atoms with Gasteiger partial charge < -0.3 is 10.2 Å². The molecule has 2 aromatic rings. The molecule has 8 heteroatoms. The third kappa shape index (κ3) is 4.31. The molecule has 1 aliphatic rings. The quantitative estimate of drug-likeness (QED) is 0.869. The molecular formula is C18H18Cl2N4O2. The van der Waals surface area contributed by atoms with Crippen LogP contribution in [0.3, 0.4) is 0 Å². The molecule has 0 aliphatic carbocycles. The van der Waals surface area contributed by atoms with Crippen molar-refractivity contribution in [3.05, 3.63) is 46.3 Å². The Labute approximate surface area is 161 Å². The van der Waals surface area contributed by atoms with Gasteiger partial charge in [0.1, 0.15) is 12.0 Å². The van der Waals surface area contributed by atoms with Crippen molar-refractivity contribution < 1.29 is 9.59 Å². The fourth-order valence-corrected chi connectivity index (χ4v) is 3.26. The van der Waals surface area contributed by atoms with Crippen molar-refractivity contribution in [3.63, 3.8) is 0 Å². The summed E-state index contributed by atoms with van der Waals surface area (Å²) < 4.78 is 0. The van der Waals surface area contributed by atoms with Gasteiger partial charge in [0.15, 0.2) is 0 Å². The number of benzene rings is 1. The van der Waals surface area contributed by atoms with Crippen molar-refractivity contribution in [3.8, 4) is 11.3 Å². The van der Waals surface area contributed by atoms with Crippen LogP contribution in [-0.4, -0.2) is 45.8 Å². The Morgan fingerprint density at radius 3 is 2.50 bits per heavy atom.